The minimum Gasteiger partial charge on any atom is -0.497 e. The summed E-state index contributed by atoms with van der Waals surface area (Å²) in [6, 6.07) is 20.0. The monoisotopic (exact) mass is 403 g/mol. The molecule has 0 aliphatic carbocycles. The van der Waals surface area contributed by atoms with E-state index in [1.807, 2.05) is 38.1 Å². The molecule has 6 nitrogen and oxygen atoms in total. The summed E-state index contributed by atoms with van der Waals surface area (Å²) in [7, 11) is 1.59. The van der Waals surface area contributed by atoms with Crippen molar-refractivity contribution in [2.75, 3.05) is 29.6 Å². The molecule has 0 unspecified atom stereocenters. The van der Waals surface area contributed by atoms with Crippen molar-refractivity contribution in [1.29, 1.82) is 0 Å². The van der Waals surface area contributed by atoms with E-state index in [9.17, 15) is 9.59 Å². The van der Waals surface area contributed by atoms with Crippen LogP contribution in [0.25, 0.3) is 0 Å². The molecule has 6 heteroatoms. The molecule has 3 N–H and O–H groups in total. The molecular weight excluding hydrogens is 378 g/mol. The zero-order valence-electron chi connectivity index (χ0n) is 17.3. The maximum Gasteiger partial charge on any atom is 0.257 e. The maximum atomic E-state index is 12.7. The number of methoxy groups -OCH3 is 1. The van der Waals surface area contributed by atoms with Crippen molar-refractivity contribution < 1.29 is 14.3 Å². The number of hydrogen-bond donors (Lipinski definition) is 3. The van der Waals surface area contributed by atoms with Gasteiger partial charge in [-0.15, -0.1) is 0 Å². The number of anilines is 3. The van der Waals surface area contributed by atoms with Crippen LogP contribution >= 0.6 is 0 Å². The molecule has 0 heterocycles. The highest BCUT2D eigenvalue weighted by atomic mass is 16.5. The molecule has 3 rings (SSSR count). The van der Waals surface area contributed by atoms with Gasteiger partial charge in [-0.2, -0.15) is 0 Å². The van der Waals surface area contributed by atoms with Gasteiger partial charge in [-0.05, 0) is 61.4 Å². The van der Waals surface area contributed by atoms with Gasteiger partial charge in [0.2, 0.25) is 5.91 Å². The fraction of sp³-hybridized carbons (Fsp3) is 0.167. The number of carbonyl (C=O) groups excluding carboxylic acids is 2. The van der Waals surface area contributed by atoms with E-state index in [2.05, 4.69) is 16.0 Å². The second-order valence-electron chi connectivity index (χ2n) is 6.90. The first-order chi connectivity index (χ1) is 14.5. The van der Waals surface area contributed by atoms with Crippen molar-refractivity contribution in [3.8, 4) is 5.75 Å². The Bertz CT molecular complexity index is 1030. The van der Waals surface area contributed by atoms with Crippen LogP contribution < -0.4 is 20.7 Å². The van der Waals surface area contributed by atoms with E-state index in [4.69, 9.17) is 4.74 Å². The van der Waals surface area contributed by atoms with Crippen molar-refractivity contribution in [1.82, 2.24) is 0 Å². The van der Waals surface area contributed by atoms with Crippen LogP contribution in [-0.4, -0.2) is 25.5 Å². The Morgan fingerprint density at radius 3 is 2.17 bits per heavy atom. The smallest absolute Gasteiger partial charge is 0.257 e. The van der Waals surface area contributed by atoms with Crippen LogP contribution in [0.4, 0.5) is 17.1 Å². The predicted molar refractivity (Wildman–Crippen MR) is 120 cm³/mol. The topological polar surface area (TPSA) is 79.5 Å². The van der Waals surface area contributed by atoms with E-state index in [-0.39, 0.29) is 18.4 Å². The van der Waals surface area contributed by atoms with Crippen LogP contribution in [0.2, 0.25) is 0 Å². The van der Waals surface area contributed by atoms with Crippen LogP contribution in [0, 0.1) is 13.8 Å². The molecule has 0 fully saturated rings. The quantitative estimate of drug-likeness (QED) is 0.538. The van der Waals surface area contributed by atoms with Gasteiger partial charge in [0.05, 0.1) is 19.2 Å². The molecule has 0 bridgehead atoms. The molecule has 3 aromatic carbocycles. The largest absolute Gasteiger partial charge is 0.497 e. The van der Waals surface area contributed by atoms with Crippen LogP contribution in [-0.2, 0) is 4.79 Å². The summed E-state index contributed by atoms with van der Waals surface area (Å²) in [6.07, 6.45) is 0. The molecule has 0 radical (unpaired) electrons. The zero-order chi connectivity index (χ0) is 21.5. The lowest BCUT2D eigenvalue weighted by Crippen LogP contribution is -2.24. The Balaban J connectivity index is 1.65. The highest BCUT2D eigenvalue weighted by Gasteiger charge is 2.13. The number of benzene rings is 3. The third-order valence-corrected chi connectivity index (χ3v) is 4.70. The number of ether oxygens (including phenoxy) is 1. The fourth-order valence-corrected chi connectivity index (χ4v) is 3.08. The Kier molecular flexibility index (Phi) is 6.70. The van der Waals surface area contributed by atoms with Crippen molar-refractivity contribution in [3.63, 3.8) is 0 Å². The molecule has 0 aliphatic heterocycles. The average molecular weight is 403 g/mol. The summed E-state index contributed by atoms with van der Waals surface area (Å²) in [6.45, 7) is 3.95. The van der Waals surface area contributed by atoms with Crippen LogP contribution in [0.3, 0.4) is 0 Å². The summed E-state index contributed by atoms with van der Waals surface area (Å²) >= 11 is 0. The van der Waals surface area contributed by atoms with E-state index in [1.165, 1.54) is 0 Å². The van der Waals surface area contributed by atoms with Gasteiger partial charge in [-0.25, -0.2) is 0 Å². The minimum absolute atomic E-state index is 0.0423. The SMILES string of the molecule is COc1ccc(NC(=O)c2ccccc2NCC(=O)Nc2c(C)cccc2C)cc1. The molecule has 154 valence electrons. The number of carbonyl (C=O) groups is 2. The van der Waals surface area contributed by atoms with E-state index in [0.717, 1.165) is 16.8 Å². The summed E-state index contributed by atoms with van der Waals surface area (Å²) in [5.41, 5.74) is 4.51. The summed E-state index contributed by atoms with van der Waals surface area (Å²) in [5.74, 6) is 0.265. The van der Waals surface area contributed by atoms with Crippen molar-refractivity contribution in [3.05, 3.63) is 83.4 Å². The van der Waals surface area contributed by atoms with Crippen molar-refractivity contribution >= 4 is 28.9 Å². The number of rotatable bonds is 7. The van der Waals surface area contributed by atoms with Gasteiger partial charge >= 0.3 is 0 Å². The highest BCUT2D eigenvalue weighted by molar-refractivity contribution is 6.08. The Hall–Kier alpha value is -3.80. The van der Waals surface area contributed by atoms with E-state index in [0.29, 0.717) is 22.7 Å². The lowest BCUT2D eigenvalue weighted by atomic mass is 10.1. The fourth-order valence-electron chi connectivity index (χ4n) is 3.08. The first-order valence-corrected chi connectivity index (χ1v) is 9.62. The number of para-hydroxylation sites is 2. The molecule has 0 atom stereocenters. The van der Waals surface area contributed by atoms with Crippen molar-refractivity contribution in [2.45, 2.75) is 13.8 Å². The standard InChI is InChI=1S/C24H25N3O3/c1-16-7-6-8-17(2)23(16)27-22(28)15-25-21-10-5-4-9-20(21)24(29)26-18-11-13-19(30-3)14-12-18/h4-14,25H,15H2,1-3H3,(H,26,29)(H,27,28). The van der Waals surface area contributed by atoms with Crippen LogP contribution in [0.1, 0.15) is 21.5 Å². The van der Waals surface area contributed by atoms with Gasteiger partial charge in [0.25, 0.3) is 5.91 Å². The third-order valence-electron chi connectivity index (χ3n) is 4.70. The zero-order valence-corrected chi connectivity index (χ0v) is 17.3. The molecular formula is C24H25N3O3. The Morgan fingerprint density at radius 2 is 1.50 bits per heavy atom. The molecule has 3 aromatic rings. The van der Waals surface area contributed by atoms with Gasteiger partial charge in [-0.3, -0.25) is 9.59 Å². The van der Waals surface area contributed by atoms with Gasteiger partial charge < -0.3 is 20.7 Å². The number of nitrogens with one attached hydrogen (secondary N) is 3. The van der Waals surface area contributed by atoms with Crippen LogP contribution in [0.5, 0.6) is 5.75 Å². The lowest BCUT2D eigenvalue weighted by molar-refractivity contribution is -0.114. The summed E-state index contributed by atoms with van der Waals surface area (Å²) in [5, 5.41) is 8.86. The average Bonchev–Trinajstić information content (AvgIpc) is 2.75. The van der Waals surface area contributed by atoms with Gasteiger partial charge in [0, 0.05) is 17.1 Å². The minimum atomic E-state index is -0.265. The summed E-state index contributed by atoms with van der Waals surface area (Å²) in [4.78, 5) is 25.2. The molecule has 0 saturated heterocycles. The van der Waals surface area contributed by atoms with Crippen molar-refractivity contribution in [2.24, 2.45) is 0 Å². The molecule has 30 heavy (non-hydrogen) atoms. The second-order valence-corrected chi connectivity index (χ2v) is 6.90. The normalized spacial score (nSPS) is 10.2. The maximum absolute atomic E-state index is 12.7. The lowest BCUT2D eigenvalue weighted by Gasteiger charge is -2.14. The number of amides is 2. The van der Waals surface area contributed by atoms with E-state index in [1.54, 1.807) is 49.6 Å². The molecule has 0 aromatic heterocycles. The Morgan fingerprint density at radius 1 is 0.833 bits per heavy atom. The van der Waals surface area contributed by atoms with E-state index >= 15 is 0 Å². The van der Waals surface area contributed by atoms with Gasteiger partial charge in [0.1, 0.15) is 5.75 Å². The van der Waals surface area contributed by atoms with Gasteiger partial charge in [-0.1, -0.05) is 30.3 Å². The van der Waals surface area contributed by atoms with Gasteiger partial charge in [0.15, 0.2) is 0 Å². The first kappa shape index (κ1) is 20.9. The van der Waals surface area contributed by atoms with E-state index < -0.39 is 0 Å². The predicted octanol–water partition coefficient (Wildman–Crippen LogP) is 4.61. The summed E-state index contributed by atoms with van der Waals surface area (Å²) < 4.78 is 5.13. The second kappa shape index (κ2) is 9.60. The number of hydrogen-bond acceptors (Lipinski definition) is 4. The molecule has 0 aliphatic rings. The molecule has 0 spiro atoms. The highest BCUT2D eigenvalue weighted by Crippen LogP contribution is 2.21. The first-order valence-electron chi connectivity index (χ1n) is 9.62. The van der Waals surface area contributed by atoms with Crippen LogP contribution in [0.15, 0.2) is 66.7 Å². The molecule has 2 amide bonds. The molecule has 0 saturated carbocycles. The number of aryl methyl sites for hydroxylation is 2. The third kappa shape index (κ3) is 5.17. The Labute approximate surface area is 176 Å².